The first-order chi connectivity index (χ1) is 10.2. The number of methoxy groups -OCH3 is 2. The molecule has 0 fully saturated rings. The lowest BCUT2D eigenvalue weighted by molar-refractivity contribution is 0.404. The van der Waals surface area contributed by atoms with Crippen LogP contribution in [0, 0.1) is 0 Å². The zero-order valence-electron chi connectivity index (χ0n) is 13.0. The van der Waals surface area contributed by atoms with E-state index in [2.05, 4.69) is 24.5 Å². The van der Waals surface area contributed by atoms with Gasteiger partial charge in [0.05, 0.1) is 25.5 Å². The number of hydrogen-bond acceptors (Lipinski definition) is 5. The number of aromatic nitrogens is 1. The van der Waals surface area contributed by atoms with Crippen molar-refractivity contribution in [2.45, 2.75) is 32.9 Å². The van der Waals surface area contributed by atoms with E-state index >= 15 is 0 Å². The second-order valence-electron chi connectivity index (χ2n) is 4.90. The summed E-state index contributed by atoms with van der Waals surface area (Å²) < 4.78 is 10.7. The molecule has 1 unspecified atom stereocenters. The van der Waals surface area contributed by atoms with Crippen LogP contribution in [0.1, 0.15) is 26.0 Å². The summed E-state index contributed by atoms with van der Waals surface area (Å²) >= 11 is 1.62. The first-order valence-electron chi connectivity index (χ1n) is 7.08. The first kappa shape index (κ1) is 15.8. The van der Waals surface area contributed by atoms with Crippen molar-refractivity contribution >= 4 is 11.3 Å². The van der Waals surface area contributed by atoms with Gasteiger partial charge in [0, 0.05) is 18.0 Å². The maximum absolute atomic E-state index is 5.42. The van der Waals surface area contributed by atoms with Crippen LogP contribution < -0.4 is 14.8 Å². The smallest absolute Gasteiger partial charge is 0.129 e. The van der Waals surface area contributed by atoms with Crippen LogP contribution in [0.15, 0.2) is 23.6 Å². The van der Waals surface area contributed by atoms with Crippen molar-refractivity contribution in [2.24, 2.45) is 0 Å². The molecule has 4 nitrogen and oxygen atoms in total. The summed E-state index contributed by atoms with van der Waals surface area (Å²) in [4.78, 5) is 4.69. The fourth-order valence-electron chi connectivity index (χ4n) is 1.92. The highest BCUT2D eigenvalue weighted by molar-refractivity contribution is 7.13. The van der Waals surface area contributed by atoms with Gasteiger partial charge in [0.2, 0.25) is 0 Å². The first-order valence-corrected chi connectivity index (χ1v) is 7.96. The minimum Gasteiger partial charge on any atom is -0.497 e. The highest BCUT2D eigenvalue weighted by Crippen LogP contribution is 2.35. The van der Waals surface area contributed by atoms with Crippen LogP contribution in [0.25, 0.3) is 10.6 Å². The third-order valence-corrected chi connectivity index (χ3v) is 4.36. The standard InChI is InChI=1S/C16H22N2O2S/c1-5-11(2)17-9-12-10-21-16(18-12)14-8-13(19-3)6-7-15(14)20-4/h6-8,10-11,17H,5,9H2,1-4H3. The molecule has 5 heteroatoms. The van der Waals surface area contributed by atoms with Gasteiger partial charge in [-0.15, -0.1) is 11.3 Å². The Kier molecular flexibility index (Phi) is 5.59. The second-order valence-corrected chi connectivity index (χ2v) is 5.76. The number of ether oxygens (including phenoxy) is 2. The molecule has 0 radical (unpaired) electrons. The van der Waals surface area contributed by atoms with Crippen LogP contribution in [0.2, 0.25) is 0 Å². The molecule has 1 aromatic carbocycles. The topological polar surface area (TPSA) is 43.4 Å². The van der Waals surface area contributed by atoms with Crippen molar-refractivity contribution in [3.05, 3.63) is 29.3 Å². The molecule has 114 valence electrons. The Bertz CT molecular complexity index is 583. The molecule has 0 aliphatic carbocycles. The van der Waals surface area contributed by atoms with Gasteiger partial charge in [0.15, 0.2) is 0 Å². The van der Waals surface area contributed by atoms with E-state index in [9.17, 15) is 0 Å². The maximum Gasteiger partial charge on any atom is 0.129 e. The van der Waals surface area contributed by atoms with E-state index in [0.717, 1.165) is 40.7 Å². The monoisotopic (exact) mass is 306 g/mol. The molecule has 2 rings (SSSR count). The molecule has 0 spiro atoms. The third kappa shape index (κ3) is 3.95. The molecule has 21 heavy (non-hydrogen) atoms. The molecular weight excluding hydrogens is 284 g/mol. The summed E-state index contributed by atoms with van der Waals surface area (Å²) in [5, 5.41) is 6.49. The van der Waals surface area contributed by atoms with E-state index < -0.39 is 0 Å². The Balaban J connectivity index is 2.20. The molecular formula is C16H22N2O2S. The lowest BCUT2D eigenvalue weighted by atomic mass is 10.2. The molecule has 0 saturated carbocycles. The lowest BCUT2D eigenvalue weighted by Gasteiger charge is -2.09. The lowest BCUT2D eigenvalue weighted by Crippen LogP contribution is -2.24. The summed E-state index contributed by atoms with van der Waals surface area (Å²) in [6.45, 7) is 5.14. The van der Waals surface area contributed by atoms with Crippen molar-refractivity contribution in [1.82, 2.24) is 10.3 Å². The minimum atomic E-state index is 0.501. The van der Waals surface area contributed by atoms with Crippen molar-refractivity contribution in [3.8, 4) is 22.1 Å². The Morgan fingerprint density at radius 2 is 2.10 bits per heavy atom. The van der Waals surface area contributed by atoms with Crippen molar-refractivity contribution < 1.29 is 9.47 Å². The molecule has 0 bridgehead atoms. The maximum atomic E-state index is 5.42. The predicted molar refractivity (Wildman–Crippen MR) is 87.2 cm³/mol. The summed E-state index contributed by atoms with van der Waals surface area (Å²) in [6.07, 6.45) is 1.11. The second kappa shape index (κ2) is 7.43. The SMILES string of the molecule is CCC(C)NCc1csc(-c2cc(OC)ccc2OC)n1. The van der Waals surface area contributed by atoms with Gasteiger partial charge in [-0.3, -0.25) is 0 Å². The average Bonchev–Trinajstić information content (AvgIpc) is 3.00. The Labute approximate surface area is 130 Å². The van der Waals surface area contributed by atoms with Gasteiger partial charge in [0.1, 0.15) is 16.5 Å². The van der Waals surface area contributed by atoms with Crippen LogP contribution in [0.4, 0.5) is 0 Å². The summed E-state index contributed by atoms with van der Waals surface area (Å²) in [7, 11) is 3.33. The molecule has 1 aromatic heterocycles. The van der Waals surface area contributed by atoms with E-state index in [0.29, 0.717) is 6.04 Å². The summed E-state index contributed by atoms with van der Waals surface area (Å²) in [5.74, 6) is 1.62. The molecule has 2 aromatic rings. The highest BCUT2D eigenvalue weighted by atomic mass is 32.1. The average molecular weight is 306 g/mol. The van der Waals surface area contributed by atoms with Gasteiger partial charge >= 0.3 is 0 Å². The van der Waals surface area contributed by atoms with Gasteiger partial charge < -0.3 is 14.8 Å². The van der Waals surface area contributed by atoms with E-state index in [1.165, 1.54) is 0 Å². The van der Waals surface area contributed by atoms with Gasteiger partial charge in [-0.1, -0.05) is 6.92 Å². The molecule has 0 aliphatic heterocycles. The largest absolute Gasteiger partial charge is 0.497 e. The van der Waals surface area contributed by atoms with E-state index in [4.69, 9.17) is 14.5 Å². The van der Waals surface area contributed by atoms with Crippen LogP contribution in [0.3, 0.4) is 0 Å². The minimum absolute atomic E-state index is 0.501. The van der Waals surface area contributed by atoms with Crippen molar-refractivity contribution in [2.75, 3.05) is 14.2 Å². The van der Waals surface area contributed by atoms with Gasteiger partial charge in [-0.05, 0) is 31.5 Å². The van der Waals surface area contributed by atoms with Crippen molar-refractivity contribution in [1.29, 1.82) is 0 Å². The fourth-order valence-corrected chi connectivity index (χ4v) is 2.76. The van der Waals surface area contributed by atoms with E-state index in [1.54, 1.807) is 25.6 Å². The Morgan fingerprint density at radius 3 is 2.76 bits per heavy atom. The zero-order valence-corrected chi connectivity index (χ0v) is 13.8. The van der Waals surface area contributed by atoms with Crippen LogP contribution in [-0.2, 0) is 6.54 Å². The molecule has 1 heterocycles. The molecule has 1 N–H and O–H groups in total. The third-order valence-electron chi connectivity index (χ3n) is 3.43. The number of nitrogens with zero attached hydrogens (tertiary/aromatic N) is 1. The van der Waals surface area contributed by atoms with Crippen LogP contribution in [-0.4, -0.2) is 25.2 Å². The normalized spacial score (nSPS) is 12.2. The predicted octanol–water partition coefficient (Wildman–Crippen LogP) is 3.72. The molecule has 0 aliphatic rings. The Hall–Kier alpha value is -1.59. The molecule has 0 amide bonds. The fraction of sp³-hybridized carbons (Fsp3) is 0.438. The number of thiazole rings is 1. The van der Waals surface area contributed by atoms with Gasteiger partial charge in [-0.2, -0.15) is 0 Å². The summed E-state index contributed by atoms with van der Waals surface area (Å²) in [5.41, 5.74) is 2.02. The van der Waals surface area contributed by atoms with Gasteiger partial charge in [-0.25, -0.2) is 4.98 Å². The van der Waals surface area contributed by atoms with Crippen LogP contribution in [0.5, 0.6) is 11.5 Å². The van der Waals surface area contributed by atoms with Crippen LogP contribution >= 0.6 is 11.3 Å². The number of nitrogens with one attached hydrogen (secondary N) is 1. The molecule has 0 saturated heterocycles. The Morgan fingerprint density at radius 1 is 1.29 bits per heavy atom. The molecule has 1 atom stereocenters. The number of hydrogen-bond donors (Lipinski definition) is 1. The highest BCUT2D eigenvalue weighted by Gasteiger charge is 2.12. The zero-order chi connectivity index (χ0) is 15.2. The quantitative estimate of drug-likeness (QED) is 0.847. The van der Waals surface area contributed by atoms with Gasteiger partial charge in [0.25, 0.3) is 0 Å². The van der Waals surface area contributed by atoms with E-state index in [1.807, 2.05) is 18.2 Å². The number of benzene rings is 1. The van der Waals surface area contributed by atoms with Crippen molar-refractivity contribution in [3.63, 3.8) is 0 Å². The number of rotatable bonds is 7. The van der Waals surface area contributed by atoms with E-state index in [-0.39, 0.29) is 0 Å². The summed E-state index contributed by atoms with van der Waals surface area (Å²) in [6, 6.07) is 6.26.